The summed E-state index contributed by atoms with van der Waals surface area (Å²) in [4.78, 5) is 17.2. The van der Waals surface area contributed by atoms with Gasteiger partial charge in [-0.2, -0.15) is 0 Å². The number of nitrogens with one attached hydrogen (secondary N) is 2. The SMILES string of the molecule is COc1ccc(CC[C@H](C)NC(=O)NCc2ncc(C)s2)cc1. The molecule has 1 aromatic carbocycles. The van der Waals surface area contributed by atoms with Gasteiger partial charge in [0.05, 0.1) is 13.7 Å². The van der Waals surface area contributed by atoms with Crippen molar-refractivity contribution in [1.82, 2.24) is 15.6 Å². The zero-order chi connectivity index (χ0) is 16.7. The molecular weight excluding hydrogens is 310 g/mol. The van der Waals surface area contributed by atoms with Crippen LogP contribution in [0.5, 0.6) is 5.75 Å². The van der Waals surface area contributed by atoms with E-state index in [0.29, 0.717) is 6.54 Å². The van der Waals surface area contributed by atoms with Crippen LogP contribution in [0.3, 0.4) is 0 Å². The molecule has 5 nitrogen and oxygen atoms in total. The van der Waals surface area contributed by atoms with Crippen LogP contribution in [0.4, 0.5) is 4.79 Å². The third-order valence-corrected chi connectivity index (χ3v) is 4.38. The van der Waals surface area contributed by atoms with Crippen LogP contribution >= 0.6 is 11.3 Å². The van der Waals surface area contributed by atoms with Gasteiger partial charge in [0.1, 0.15) is 10.8 Å². The van der Waals surface area contributed by atoms with E-state index in [1.54, 1.807) is 18.4 Å². The number of thiazole rings is 1. The van der Waals surface area contributed by atoms with Crippen LogP contribution in [0.2, 0.25) is 0 Å². The van der Waals surface area contributed by atoms with Gasteiger partial charge in [-0.3, -0.25) is 0 Å². The summed E-state index contributed by atoms with van der Waals surface area (Å²) in [6.07, 6.45) is 3.62. The van der Waals surface area contributed by atoms with E-state index < -0.39 is 0 Å². The van der Waals surface area contributed by atoms with Crippen molar-refractivity contribution in [2.45, 2.75) is 39.3 Å². The van der Waals surface area contributed by atoms with Crippen LogP contribution in [0, 0.1) is 6.92 Å². The van der Waals surface area contributed by atoms with Gasteiger partial charge < -0.3 is 15.4 Å². The first kappa shape index (κ1) is 17.3. The van der Waals surface area contributed by atoms with Crippen molar-refractivity contribution in [1.29, 1.82) is 0 Å². The molecular formula is C17H23N3O2S. The van der Waals surface area contributed by atoms with E-state index in [2.05, 4.69) is 27.8 Å². The largest absolute Gasteiger partial charge is 0.497 e. The van der Waals surface area contributed by atoms with Crippen molar-refractivity contribution in [2.24, 2.45) is 0 Å². The average Bonchev–Trinajstić information content (AvgIpc) is 2.97. The maximum atomic E-state index is 11.9. The van der Waals surface area contributed by atoms with E-state index in [4.69, 9.17) is 4.74 Å². The highest BCUT2D eigenvalue weighted by atomic mass is 32.1. The number of hydrogen-bond acceptors (Lipinski definition) is 4. The Labute approximate surface area is 141 Å². The van der Waals surface area contributed by atoms with Crippen LogP contribution < -0.4 is 15.4 Å². The Morgan fingerprint density at radius 3 is 2.70 bits per heavy atom. The van der Waals surface area contributed by atoms with Gasteiger partial charge in [0.25, 0.3) is 0 Å². The number of hydrogen-bond donors (Lipinski definition) is 2. The molecule has 2 amide bonds. The minimum atomic E-state index is -0.153. The second-order valence-corrected chi connectivity index (χ2v) is 6.80. The molecule has 0 aliphatic heterocycles. The lowest BCUT2D eigenvalue weighted by Gasteiger charge is -2.14. The van der Waals surface area contributed by atoms with Crippen LogP contribution in [0.25, 0.3) is 0 Å². The molecule has 2 aromatic rings. The molecule has 1 atom stereocenters. The molecule has 0 radical (unpaired) electrons. The number of rotatable bonds is 7. The molecule has 1 aromatic heterocycles. The van der Waals surface area contributed by atoms with E-state index in [9.17, 15) is 4.79 Å². The lowest BCUT2D eigenvalue weighted by molar-refractivity contribution is 0.237. The van der Waals surface area contributed by atoms with Gasteiger partial charge in [0.15, 0.2) is 0 Å². The number of methoxy groups -OCH3 is 1. The van der Waals surface area contributed by atoms with E-state index >= 15 is 0 Å². The van der Waals surface area contributed by atoms with E-state index in [1.165, 1.54) is 5.56 Å². The Balaban J connectivity index is 1.68. The first-order chi connectivity index (χ1) is 11.1. The summed E-state index contributed by atoms with van der Waals surface area (Å²) in [5.74, 6) is 0.858. The molecule has 0 saturated heterocycles. The quantitative estimate of drug-likeness (QED) is 0.817. The van der Waals surface area contributed by atoms with Gasteiger partial charge in [-0.1, -0.05) is 12.1 Å². The van der Waals surface area contributed by atoms with Crippen LogP contribution in [0.15, 0.2) is 30.5 Å². The third kappa shape index (κ3) is 5.90. The average molecular weight is 333 g/mol. The number of aromatic nitrogens is 1. The summed E-state index contributed by atoms with van der Waals surface area (Å²) in [6.45, 7) is 4.48. The Bertz CT molecular complexity index is 625. The van der Waals surface area contributed by atoms with Crippen molar-refractivity contribution >= 4 is 17.4 Å². The van der Waals surface area contributed by atoms with Crippen LogP contribution in [-0.2, 0) is 13.0 Å². The maximum Gasteiger partial charge on any atom is 0.315 e. The molecule has 6 heteroatoms. The molecule has 0 saturated carbocycles. The van der Waals surface area contributed by atoms with Crippen molar-refractivity contribution in [3.05, 3.63) is 45.9 Å². The molecule has 2 rings (SSSR count). The van der Waals surface area contributed by atoms with Crippen molar-refractivity contribution in [2.75, 3.05) is 7.11 Å². The predicted molar refractivity (Wildman–Crippen MR) is 93.0 cm³/mol. The lowest BCUT2D eigenvalue weighted by Crippen LogP contribution is -2.40. The van der Waals surface area contributed by atoms with Gasteiger partial charge in [-0.25, -0.2) is 9.78 Å². The molecule has 1 heterocycles. The fourth-order valence-corrected chi connectivity index (χ4v) is 2.89. The molecule has 0 bridgehead atoms. The van der Waals surface area contributed by atoms with Gasteiger partial charge >= 0.3 is 6.03 Å². The Kier molecular flexibility index (Phi) is 6.40. The smallest absolute Gasteiger partial charge is 0.315 e. The Morgan fingerprint density at radius 1 is 1.35 bits per heavy atom. The van der Waals surface area contributed by atoms with Gasteiger partial charge in [-0.05, 0) is 44.4 Å². The molecule has 0 unspecified atom stereocenters. The summed E-state index contributed by atoms with van der Waals surface area (Å²) in [6, 6.07) is 7.97. The molecule has 23 heavy (non-hydrogen) atoms. The Morgan fingerprint density at radius 2 is 2.09 bits per heavy atom. The molecule has 0 aliphatic carbocycles. The number of urea groups is 1. The van der Waals surface area contributed by atoms with E-state index in [-0.39, 0.29) is 12.1 Å². The summed E-state index contributed by atoms with van der Waals surface area (Å²) < 4.78 is 5.14. The highest BCUT2D eigenvalue weighted by Gasteiger charge is 2.08. The fourth-order valence-electron chi connectivity index (χ4n) is 2.16. The number of carbonyl (C=O) groups is 1. The summed E-state index contributed by atoms with van der Waals surface area (Å²) >= 11 is 1.60. The predicted octanol–water partition coefficient (Wildman–Crippen LogP) is 3.28. The van der Waals surface area contributed by atoms with Crippen molar-refractivity contribution < 1.29 is 9.53 Å². The van der Waals surface area contributed by atoms with Crippen LogP contribution in [0.1, 0.15) is 28.8 Å². The van der Waals surface area contributed by atoms with Gasteiger partial charge in [0.2, 0.25) is 0 Å². The summed E-state index contributed by atoms with van der Waals surface area (Å²) in [5.41, 5.74) is 1.23. The highest BCUT2D eigenvalue weighted by molar-refractivity contribution is 7.11. The zero-order valence-electron chi connectivity index (χ0n) is 13.8. The minimum absolute atomic E-state index is 0.107. The van der Waals surface area contributed by atoms with Crippen molar-refractivity contribution in [3.8, 4) is 5.75 Å². The van der Waals surface area contributed by atoms with Crippen molar-refractivity contribution in [3.63, 3.8) is 0 Å². The highest BCUT2D eigenvalue weighted by Crippen LogP contribution is 2.13. The maximum absolute atomic E-state index is 11.9. The number of amides is 2. The van der Waals surface area contributed by atoms with E-state index in [0.717, 1.165) is 28.5 Å². The molecule has 0 aliphatic rings. The molecule has 124 valence electrons. The van der Waals surface area contributed by atoms with Gasteiger partial charge in [0, 0.05) is 17.1 Å². The second-order valence-electron chi connectivity index (χ2n) is 5.48. The monoisotopic (exact) mass is 333 g/mol. The third-order valence-electron chi connectivity index (χ3n) is 3.47. The minimum Gasteiger partial charge on any atom is -0.497 e. The number of nitrogens with zero attached hydrogens (tertiary/aromatic N) is 1. The standard InChI is InChI=1S/C17H23N3O2S/c1-12(4-5-14-6-8-15(22-3)9-7-14)20-17(21)19-11-16-18-10-13(2)23-16/h6-10,12H,4-5,11H2,1-3H3,(H2,19,20,21)/t12-/m0/s1. The topological polar surface area (TPSA) is 63.2 Å². The number of ether oxygens (including phenoxy) is 1. The first-order valence-corrected chi connectivity index (χ1v) is 8.47. The Hall–Kier alpha value is -2.08. The second kappa shape index (κ2) is 8.53. The molecule has 0 spiro atoms. The summed E-state index contributed by atoms with van der Waals surface area (Å²) in [5, 5.41) is 6.71. The van der Waals surface area contributed by atoms with Gasteiger partial charge in [-0.15, -0.1) is 11.3 Å². The number of carbonyl (C=O) groups excluding carboxylic acids is 1. The number of aryl methyl sites for hydroxylation is 2. The first-order valence-electron chi connectivity index (χ1n) is 7.65. The zero-order valence-corrected chi connectivity index (χ0v) is 14.6. The lowest BCUT2D eigenvalue weighted by atomic mass is 10.1. The molecule has 0 fully saturated rings. The summed E-state index contributed by atoms with van der Waals surface area (Å²) in [7, 11) is 1.66. The molecule has 2 N–H and O–H groups in total. The normalized spacial score (nSPS) is 11.8. The number of benzene rings is 1. The van der Waals surface area contributed by atoms with E-state index in [1.807, 2.05) is 32.2 Å². The fraction of sp³-hybridized carbons (Fsp3) is 0.412. The van der Waals surface area contributed by atoms with Crippen LogP contribution in [-0.4, -0.2) is 24.2 Å².